The molecule has 0 bridgehead atoms. The number of rotatable bonds is 15. The molecule has 1 aliphatic heterocycles. The Morgan fingerprint density at radius 3 is 1.65 bits per heavy atom. The minimum Gasteiger partial charge on any atom is -0.497 e. The molecule has 1 N–H and O–H groups in total. The molecule has 3 aromatic rings. The Bertz CT molecular complexity index is 1930. The predicted octanol–water partition coefficient (Wildman–Crippen LogP) is 5.36. The van der Waals surface area contributed by atoms with Crippen molar-refractivity contribution in [2.45, 2.75) is 25.0 Å². The summed E-state index contributed by atoms with van der Waals surface area (Å²) in [7, 11) is 13.8. The minimum atomic E-state index is -1.31. The first-order valence-electron chi connectivity index (χ1n) is 16.9. The molecule has 0 spiro atoms. The van der Waals surface area contributed by atoms with E-state index in [4.69, 9.17) is 47.1 Å². The normalized spacial score (nSPS) is 15.3. The van der Waals surface area contributed by atoms with Gasteiger partial charge in [0.1, 0.15) is 40.3 Å². The predicted molar refractivity (Wildman–Crippen MR) is 202 cm³/mol. The fourth-order valence-corrected chi connectivity index (χ4v) is 5.49. The smallest absolute Gasteiger partial charge is 0.347 e. The van der Waals surface area contributed by atoms with Crippen molar-refractivity contribution in [1.29, 1.82) is 0 Å². The number of ether oxygens (including phenoxy) is 9. The molecule has 0 saturated heterocycles. The molecule has 1 heterocycles. The molecule has 55 heavy (non-hydrogen) atoms. The van der Waals surface area contributed by atoms with Crippen LogP contribution < -0.4 is 33.7 Å². The lowest BCUT2D eigenvalue weighted by Crippen LogP contribution is -2.23. The van der Waals surface area contributed by atoms with Crippen LogP contribution in [-0.4, -0.2) is 93.5 Å². The van der Waals surface area contributed by atoms with Gasteiger partial charge < -0.3 is 47.9 Å². The van der Waals surface area contributed by atoms with Crippen LogP contribution in [0.1, 0.15) is 40.4 Å². The van der Waals surface area contributed by atoms with Crippen molar-refractivity contribution >= 4 is 29.2 Å². The van der Waals surface area contributed by atoms with E-state index in [0.29, 0.717) is 45.8 Å². The first-order valence-corrected chi connectivity index (χ1v) is 16.9. The van der Waals surface area contributed by atoms with Crippen LogP contribution >= 0.6 is 0 Å². The summed E-state index contributed by atoms with van der Waals surface area (Å²) >= 11 is 0. The summed E-state index contributed by atoms with van der Waals surface area (Å²) in [6, 6.07) is 15.1. The monoisotopic (exact) mass is 760 g/mol. The molecule has 0 saturated carbocycles. The second-order valence-electron chi connectivity index (χ2n) is 11.8. The van der Waals surface area contributed by atoms with E-state index in [1.165, 1.54) is 47.6 Å². The van der Waals surface area contributed by atoms with Crippen molar-refractivity contribution in [2.24, 2.45) is 0 Å². The summed E-state index contributed by atoms with van der Waals surface area (Å²) in [6.45, 7) is 0. The highest BCUT2D eigenvalue weighted by molar-refractivity contribution is 6.03. The van der Waals surface area contributed by atoms with Gasteiger partial charge in [0, 0.05) is 60.0 Å². The zero-order valence-electron chi connectivity index (χ0n) is 32.3. The molecular formula is C41H46NO13+. The molecule has 1 aliphatic carbocycles. The van der Waals surface area contributed by atoms with Gasteiger partial charge in [-0.15, -0.1) is 0 Å². The van der Waals surface area contributed by atoms with E-state index >= 15 is 0 Å². The van der Waals surface area contributed by atoms with Crippen molar-refractivity contribution < 1.29 is 61.4 Å². The maximum absolute atomic E-state index is 13.5. The van der Waals surface area contributed by atoms with Gasteiger partial charge in [0.2, 0.25) is 11.7 Å². The lowest BCUT2D eigenvalue weighted by Gasteiger charge is -2.19. The fraction of sp³-hybridized carbons (Fsp3) is 0.317. The molecular weight excluding hydrogens is 714 g/mol. The quantitative estimate of drug-likeness (QED) is 0.120. The number of allylic oxidation sites excluding steroid dienone is 2. The molecule has 14 heteroatoms. The summed E-state index contributed by atoms with van der Waals surface area (Å²) in [6.07, 6.45) is 3.93. The molecule has 0 fully saturated rings. The number of fused-ring (bicyclic) bond motifs is 1. The number of ketones is 2. The number of Topliss-reactive ketones (excluding diaryl/α,β-unsaturated/α-hetero) is 1. The van der Waals surface area contributed by atoms with E-state index in [1.807, 2.05) is 36.4 Å². The third-order valence-electron chi connectivity index (χ3n) is 8.44. The Morgan fingerprint density at radius 2 is 1.18 bits per heavy atom. The number of carbonyl (C=O) groups is 3. The van der Waals surface area contributed by atoms with Crippen LogP contribution in [0.25, 0.3) is 5.76 Å². The third-order valence-corrected chi connectivity index (χ3v) is 8.44. The number of benzene rings is 3. The highest BCUT2D eigenvalue weighted by atomic mass is 16.6. The number of methoxy groups -OCH3 is 7. The molecule has 2 atom stereocenters. The standard InChI is InChI=1S/C23H27NO8.C18H19O5/c1-24-20(25)6-7-21(26)32-23(15-10-18(30-4)13-19(11-15)31-5)22(27)14-8-16(28-2)12-17(9-14)29-3;1-19-13-5-11(6-14(9-13)20-2)16-8-12-7-15(21-3)10-17(22-4)18(12)23-16/h8-13,23H,6-7H2,1-5H3,(H,24,25);5-10,18H,1-4H3/q;+1. The van der Waals surface area contributed by atoms with Gasteiger partial charge in [-0.2, -0.15) is 0 Å². The van der Waals surface area contributed by atoms with Gasteiger partial charge in [0.25, 0.3) is 7.11 Å². The van der Waals surface area contributed by atoms with E-state index in [0.717, 1.165) is 22.7 Å². The number of hydrogen-bond acceptors (Lipinski definition) is 12. The average molecular weight is 761 g/mol. The van der Waals surface area contributed by atoms with Gasteiger partial charge in [-0.3, -0.25) is 18.8 Å². The first kappa shape index (κ1) is 41.3. The van der Waals surface area contributed by atoms with Gasteiger partial charge in [-0.25, -0.2) is 0 Å². The Balaban J connectivity index is 0.000000257. The minimum absolute atomic E-state index is 0.0648. The summed E-state index contributed by atoms with van der Waals surface area (Å²) in [5.41, 5.74) is 2.43. The number of amides is 1. The van der Waals surface area contributed by atoms with Crippen LogP contribution in [0.2, 0.25) is 0 Å². The van der Waals surface area contributed by atoms with Crippen LogP contribution in [0.4, 0.5) is 0 Å². The first-order chi connectivity index (χ1) is 26.5. The molecule has 292 valence electrons. The summed E-state index contributed by atoms with van der Waals surface area (Å²) in [5, 5.41) is 2.43. The van der Waals surface area contributed by atoms with Crippen molar-refractivity contribution in [3.05, 3.63) is 101 Å². The molecule has 2 unspecified atom stereocenters. The van der Waals surface area contributed by atoms with Gasteiger partial charge in [0.05, 0.1) is 62.3 Å². The third kappa shape index (κ3) is 10.6. The average Bonchev–Trinajstić information content (AvgIpc) is 3.68. The molecule has 5 rings (SSSR count). The highest BCUT2D eigenvalue weighted by Gasteiger charge is 2.35. The summed E-state index contributed by atoms with van der Waals surface area (Å²) < 4.78 is 54.0. The van der Waals surface area contributed by atoms with Gasteiger partial charge >= 0.3 is 11.8 Å². The SMILES string of the molecule is CNC(=O)CCC(=O)OC(C(=O)c1cc(OC)cc(OC)c1)c1cc(OC)cc(OC)c1.COC1=CC(=[O+]C)C=C2C=C(c3cc(OC)cc(OC)c3)OC21. The molecule has 0 radical (unpaired) electrons. The van der Waals surface area contributed by atoms with Crippen molar-refractivity contribution in [3.63, 3.8) is 0 Å². The second-order valence-corrected chi connectivity index (χ2v) is 11.8. The van der Waals surface area contributed by atoms with Crippen LogP contribution in [0.5, 0.6) is 34.5 Å². The number of hydrogen-bond donors (Lipinski definition) is 1. The number of carbonyl (C=O) groups excluding carboxylic acids is 4. The summed E-state index contributed by atoms with van der Waals surface area (Å²) in [4.78, 5) is 37.4. The topological polar surface area (TPSA) is 158 Å². The molecule has 1 amide bonds. The maximum atomic E-state index is 13.5. The van der Waals surface area contributed by atoms with Gasteiger partial charge in [-0.1, -0.05) is 0 Å². The van der Waals surface area contributed by atoms with Crippen molar-refractivity contribution in [2.75, 3.05) is 63.9 Å². The summed E-state index contributed by atoms with van der Waals surface area (Å²) in [5.74, 6) is 3.71. The lowest BCUT2D eigenvalue weighted by molar-refractivity contribution is -0.417. The van der Waals surface area contributed by atoms with E-state index < -0.39 is 17.9 Å². The Labute approximate surface area is 319 Å². The molecule has 14 nitrogen and oxygen atoms in total. The molecule has 3 aromatic carbocycles. The highest BCUT2D eigenvalue weighted by Crippen LogP contribution is 2.38. The Hall–Kier alpha value is -6.44. The largest absolute Gasteiger partial charge is 0.497 e. The lowest BCUT2D eigenvalue weighted by atomic mass is 9.98. The van der Waals surface area contributed by atoms with E-state index in [-0.39, 0.29) is 30.4 Å². The van der Waals surface area contributed by atoms with Crippen LogP contribution in [0.3, 0.4) is 0 Å². The van der Waals surface area contributed by atoms with Crippen molar-refractivity contribution in [1.82, 2.24) is 5.32 Å². The Morgan fingerprint density at radius 1 is 0.673 bits per heavy atom. The van der Waals surface area contributed by atoms with E-state index in [2.05, 4.69) is 5.32 Å². The Kier molecular flexibility index (Phi) is 14.7. The number of esters is 1. The molecule has 0 aromatic heterocycles. The number of nitrogens with one attached hydrogen (secondary N) is 1. The zero-order chi connectivity index (χ0) is 40.1. The van der Waals surface area contributed by atoms with Crippen molar-refractivity contribution in [3.8, 4) is 34.5 Å². The molecule has 2 aliphatic rings. The van der Waals surface area contributed by atoms with Crippen LogP contribution in [0.15, 0.2) is 84.2 Å². The zero-order valence-corrected chi connectivity index (χ0v) is 32.3. The van der Waals surface area contributed by atoms with E-state index in [9.17, 15) is 14.4 Å². The second kappa shape index (κ2) is 19.6. The maximum Gasteiger partial charge on any atom is 0.347 e. The van der Waals surface area contributed by atoms with Gasteiger partial charge in [0.15, 0.2) is 18.0 Å². The van der Waals surface area contributed by atoms with Crippen LogP contribution in [-0.2, 0) is 28.2 Å². The van der Waals surface area contributed by atoms with Gasteiger partial charge in [-0.05, 0) is 42.5 Å². The fourth-order valence-electron chi connectivity index (χ4n) is 5.49. The van der Waals surface area contributed by atoms with Crippen LogP contribution in [0, 0.1) is 0 Å². The van der Waals surface area contributed by atoms with E-state index in [1.54, 1.807) is 52.7 Å².